The number of sulfonamides is 1. The maximum Gasteiger partial charge on any atom is 0.211 e. The van der Waals surface area contributed by atoms with E-state index in [4.69, 9.17) is 4.74 Å². The fraction of sp³-hybridized carbons (Fsp3) is 1.00. The van der Waals surface area contributed by atoms with Crippen molar-refractivity contribution in [2.45, 2.75) is 32.8 Å². The summed E-state index contributed by atoms with van der Waals surface area (Å²) >= 11 is 0. The Morgan fingerprint density at radius 2 is 2.18 bits per heavy atom. The molecule has 1 aliphatic heterocycles. The van der Waals surface area contributed by atoms with Crippen molar-refractivity contribution in [2.75, 3.05) is 32.0 Å². The van der Waals surface area contributed by atoms with Gasteiger partial charge in [-0.1, -0.05) is 6.92 Å². The molecule has 2 unspecified atom stereocenters. The van der Waals surface area contributed by atoms with Crippen molar-refractivity contribution >= 4 is 10.0 Å². The average molecular weight is 264 g/mol. The molecule has 1 rings (SSSR count). The summed E-state index contributed by atoms with van der Waals surface area (Å²) in [6.07, 6.45) is 1.76. The van der Waals surface area contributed by atoms with Crippen molar-refractivity contribution in [1.82, 2.24) is 10.0 Å². The third kappa shape index (κ3) is 5.81. The highest BCUT2D eigenvalue weighted by molar-refractivity contribution is 7.89. The van der Waals surface area contributed by atoms with Crippen LogP contribution in [0.1, 0.15) is 26.7 Å². The zero-order chi connectivity index (χ0) is 12.7. The highest BCUT2D eigenvalue weighted by Gasteiger charge is 2.25. The summed E-state index contributed by atoms with van der Waals surface area (Å²) in [6.45, 7) is 6.88. The fourth-order valence-corrected chi connectivity index (χ4v) is 3.05. The Morgan fingerprint density at radius 3 is 2.76 bits per heavy atom. The van der Waals surface area contributed by atoms with E-state index in [1.165, 1.54) is 0 Å². The van der Waals surface area contributed by atoms with Crippen LogP contribution >= 0.6 is 0 Å². The van der Waals surface area contributed by atoms with Crippen LogP contribution in [0.2, 0.25) is 0 Å². The second-order valence-corrected chi connectivity index (χ2v) is 6.43. The number of ether oxygens (including phenoxy) is 1. The van der Waals surface area contributed by atoms with Crippen LogP contribution in [-0.4, -0.2) is 46.5 Å². The first-order chi connectivity index (χ1) is 8.05. The summed E-state index contributed by atoms with van der Waals surface area (Å²) in [5.41, 5.74) is 0. The van der Waals surface area contributed by atoms with Gasteiger partial charge < -0.3 is 10.1 Å². The molecule has 0 aliphatic carbocycles. The Hall–Kier alpha value is -0.170. The fourth-order valence-electron chi connectivity index (χ4n) is 1.91. The normalized spacial score (nSPS) is 25.3. The first-order valence-corrected chi connectivity index (χ1v) is 8.00. The molecule has 1 saturated heterocycles. The Balaban J connectivity index is 2.19. The smallest absolute Gasteiger partial charge is 0.211 e. The summed E-state index contributed by atoms with van der Waals surface area (Å²) in [6, 6.07) is 0. The summed E-state index contributed by atoms with van der Waals surface area (Å²) in [4.78, 5) is 0. The lowest BCUT2D eigenvalue weighted by Crippen LogP contribution is -2.34. The van der Waals surface area contributed by atoms with Crippen LogP contribution in [0.5, 0.6) is 0 Å². The second-order valence-electron chi connectivity index (χ2n) is 4.50. The maximum absolute atomic E-state index is 11.7. The molecule has 0 spiro atoms. The van der Waals surface area contributed by atoms with Gasteiger partial charge in [-0.25, -0.2) is 13.1 Å². The van der Waals surface area contributed by atoms with Crippen molar-refractivity contribution < 1.29 is 13.2 Å². The molecule has 1 aliphatic rings. The van der Waals surface area contributed by atoms with Crippen molar-refractivity contribution in [3.8, 4) is 0 Å². The lowest BCUT2D eigenvalue weighted by Gasteiger charge is -2.14. The molecule has 0 aromatic heterocycles. The predicted molar refractivity (Wildman–Crippen MR) is 68.5 cm³/mol. The van der Waals surface area contributed by atoms with Gasteiger partial charge in [-0.05, 0) is 32.9 Å². The monoisotopic (exact) mass is 264 g/mol. The largest absolute Gasteiger partial charge is 0.378 e. The molecule has 6 heteroatoms. The molecule has 102 valence electrons. The molecule has 17 heavy (non-hydrogen) atoms. The first-order valence-electron chi connectivity index (χ1n) is 6.35. The SMILES string of the molecule is CCNCCCS(=O)(=O)NCC1CCOC1C. The lowest BCUT2D eigenvalue weighted by molar-refractivity contribution is 0.107. The number of nitrogens with one attached hydrogen (secondary N) is 2. The molecule has 0 aromatic rings. The van der Waals surface area contributed by atoms with Crippen LogP contribution in [0, 0.1) is 5.92 Å². The molecule has 0 amide bonds. The topological polar surface area (TPSA) is 67.4 Å². The van der Waals surface area contributed by atoms with Gasteiger partial charge in [0, 0.05) is 19.1 Å². The standard InChI is InChI=1S/C11H24N2O3S/c1-3-12-6-4-8-17(14,15)13-9-11-5-7-16-10(11)2/h10-13H,3-9H2,1-2H3. The van der Waals surface area contributed by atoms with Crippen LogP contribution in [0.15, 0.2) is 0 Å². The van der Waals surface area contributed by atoms with E-state index in [0.717, 1.165) is 26.1 Å². The highest BCUT2D eigenvalue weighted by Crippen LogP contribution is 2.19. The molecule has 0 bridgehead atoms. The van der Waals surface area contributed by atoms with Crippen LogP contribution < -0.4 is 10.0 Å². The molecule has 2 N–H and O–H groups in total. The van der Waals surface area contributed by atoms with Gasteiger partial charge in [-0.15, -0.1) is 0 Å². The molecule has 1 heterocycles. The predicted octanol–water partition coefficient (Wildman–Crippen LogP) is 0.330. The first kappa shape index (κ1) is 14.9. The number of rotatable bonds is 8. The lowest BCUT2D eigenvalue weighted by atomic mass is 10.0. The molecule has 0 aromatic carbocycles. The third-order valence-corrected chi connectivity index (χ3v) is 4.55. The van der Waals surface area contributed by atoms with Gasteiger partial charge >= 0.3 is 0 Å². The summed E-state index contributed by atoms with van der Waals surface area (Å²) in [5, 5.41) is 3.11. The Bertz CT molecular complexity index is 306. The van der Waals surface area contributed by atoms with E-state index in [-0.39, 0.29) is 11.9 Å². The summed E-state index contributed by atoms with van der Waals surface area (Å²) < 4.78 is 31.4. The molecular weight excluding hydrogens is 240 g/mol. The van der Waals surface area contributed by atoms with E-state index in [0.29, 0.717) is 18.9 Å². The van der Waals surface area contributed by atoms with Gasteiger partial charge in [0.1, 0.15) is 0 Å². The van der Waals surface area contributed by atoms with Crippen LogP contribution in [0.3, 0.4) is 0 Å². The van der Waals surface area contributed by atoms with E-state index in [9.17, 15) is 8.42 Å². The van der Waals surface area contributed by atoms with Gasteiger partial charge in [0.15, 0.2) is 0 Å². The zero-order valence-corrected chi connectivity index (χ0v) is 11.6. The van der Waals surface area contributed by atoms with Crippen LogP contribution in [-0.2, 0) is 14.8 Å². The summed E-state index contributed by atoms with van der Waals surface area (Å²) in [5.74, 6) is 0.514. The van der Waals surface area contributed by atoms with E-state index >= 15 is 0 Å². The third-order valence-electron chi connectivity index (χ3n) is 3.12. The van der Waals surface area contributed by atoms with Gasteiger partial charge in [0.25, 0.3) is 0 Å². The average Bonchev–Trinajstić information content (AvgIpc) is 2.68. The van der Waals surface area contributed by atoms with Gasteiger partial charge in [0.05, 0.1) is 11.9 Å². The molecule has 0 radical (unpaired) electrons. The van der Waals surface area contributed by atoms with Gasteiger partial charge in [-0.3, -0.25) is 0 Å². The molecule has 2 atom stereocenters. The Labute approximate surface area is 104 Å². The zero-order valence-electron chi connectivity index (χ0n) is 10.7. The van der Waals surface area contributed by atoms with Gasteiger partial charge in [0.2, 0.25) is 10.0 Å². The van der Waals surface area contributed by atoms with Gasteiger partial charge in [-0.2, -0.15) is 0 Å². The van der Waals surface area contributed by atoms with Crippen molar-refractivity contribution in [3.63, 3.8) is 0 Å². The number of hydrogen-bond donors (Lipinski definition) is 2. The Morgan fingerprint density at radius 1 is 1.41 bits per heavy atom. The van der Waals surface area contributed by atoms with E-state index < -0.39 is 10.0 Å². The highest BCUT2D eigenvalue weighted by atomic mass is 32.2. The number of hydrogen-bond acceptors (Lipinski definition) is 4. The van der Waals surface area contributed by atoms with Crippen molar-refractivity contribution in [1.29, 1.82) is 0 Å². The molecule has 0 saturated carbocycles. The minimum atomic E-state index is -3.12. The van der Waals surface area contributed by atoms with Crippen LogP contribution in [0.4, 0.5) is 0 Å². The quantitative estimate of drug-likeness (QED) is 0.620. The molecule has 1 fully saturated rings. The minimum Gasteiger partial charge on any atom is -0.378 e. The van der Waals surface area contributed by atoms with E-state index in [1.807, 2.05) is 13.8 Å². The van der Waals surface area contributed by atoms with Crippen LogP contribution in [0.25, 0.3) is 0 Å². The summed E-state index contributed by atoms with van der Waals surface area (Å²) in [7, 11) is -3.12. The molecule has 5 nitrogen and oxygen atoms in total. The second kappa shape index (κ2) is 7.31. The minimum absolute atomic E-state index is 0.166. The molecular formula is C11H24N2O3S. The maximum atomic E-state index is 11.7. The van der Waals surface area contributed by atoms with Crippen molar-refractivity contribution in [2.24, 2.45) is 5.92 Å². The van der Waals surface area contributed by atoms with Crippen molar-refractivity contribution in [3.05, 3.63) is 0 Å². The van der Waals surface area contributed by atoms with E-state index in [1.54, 1.807) is 0 Å². The van der Waals surface area contributed by atoms with E-state index in [2.05, 4.69) is 10.0 Å². The Kier molecular flexibility index (Phi) is 6.40.